The first-order chi connectivity index (χ1) is 10.1. The van der Waals surface area contributed by atoms with Crippen LogP contribution in [0.15, 0.2) is 31.3 Å². The molecular formula is C11H8Br2N6OS. The van der Waals surface area contributed by atoms with Gasteiger partial charge in [0.25, 0.3) is 0 Å². The van der Waals surface area contributed by atoms with E-state index < -0.39 is 0 Å². The number of aromatic amines is 1. The van der Waals surface area contributed by atoms with E-state index in [2.05, 4.69) is 57.6 Å². The molecule has 2 aromatic rings. The fourth-order valence-electron chi connectivity index (χ4n) is 1.31. The summed E-state index contributed by atoms with van der Waals surface area (Å²) in [5, 5.41) is 29.3. The molecule has 0 atom stereocenters. The van der Waals surface area contributed by atoms with Crippen molar-refractivity contribution in [3.05, 3.63) is 26.6 Å². The van der Waals surface area contributed by atoms with Gasteiger partial charge in [0.1, 0.15) is 5.75 Å². The normalized spacial score (nSPS) is 10.7. The molecule has 21 heavy (non-hydrogen) atoms. The molecule has 0 saturated carbocycles. The maximum Gasteiger partial charge on any atom is 0.240 e. The first-order valence-electron chi connectivity index (χ1n) is 5.49. The second kappa shape index (κ2) is 7.44. The highest BCUT2D eigenvalue weighted by molar-refractivity contribution is 9.11. The molecule has 0 saturated heterocycles. The topological polar surface area (TPSA) is 110 Å². The number of phenolic OH excluding ortho intramolecular Hbond substituents is 1. The molecule has 10 heteroatoms. The number of thioether (sulfide) groups is 1. The molecular weight excluding hydrogens is 424 g/mol. The minimum atomic E-state index is 0.0894. The fraction of sp³-hybridized carbons (Fsp3) is 0.0909. The van der Waals surface area contributed by atoms with E-state index in [1.54, 1.807) is 12.1 Å². The van der Waals surface area contributed by atoms with Crippen LogP contribution in [0.1, 0.15) is 5.56 Å². The highest BCUT2D eigenvalue weighted by Crippen LogP contribution is 2.30. The van der Waals surface area contributed by atoms with Gasteiger partial charge < -0.3 is 5.11 Å². The highest BCUT2D eigenvalue weighted by Gasteiger charge is 2.06. The third-order valence-electron chi connectivity index (χ3n) is 2.16. The van der Waals surface area contributed by atoms with Crippen molar-refractivity contribution in [2.45, 2.75) is 5.16 Å². The molecule has 0 radical (unpaired) electrons. The first-order valence-corrected chi connectivity index (χ1v) is 8.06. The Kier molecular flexibility index (Phi) is 5.60. The van der Waals surface area contributed by atoms with Crippen molar-refractivity contribution >= 4 is 55.8 Å². The van der Waals surface area contributed by atoms with Gasteiger partial charge in [-0.1, -0.05) is 27.7 Å². The van der Waals surface area contributed by atoms with Gasteiger partial charge in [-0.05, 0) is 28.1 Å². The Balaban J connectivity index is 2.03. The van der Waals surface area contributed by atoms with Crippen molar-refractivity contribution in [2.75, 3.05) is 11.2 Å². The maximum atomic E-state index is 9.86. The van der Waals surface area contributed by atoms with Gasteiger partial charge in [-0.25, -0.2) is 10.5 Å². The van der Waals surface area contributed by atoms with E-state index in [4.69, 9.17) is 5.26 Å². The van der Waals surface area contributed by atoms with Crippen LogP contribution in [-0.4, -0.2) is 32.3 Å². The number of aromatic hydroxyl groups is 1. The molecule has 1 aromatic heterocycles. The fourth-order valence-corrected chi connectivity index (χ4v) is 3.02. The average molecular weight is 432 g/mol. The number of rotatable bonds is 5. The van der Waals surface area contributed by atoms with Gasteiger partial charge in [-0.15, -0.1) is 5.10 Å². The van der Waals surface area contributed by atoms with E-state index in [-0.39, 0.29) is 11.5 Å². The zero-order valence-electron chi connectivity index (χ0n) is 10.3. The molecule has 7 nitrogen and oxygen atoms in total. The minimum absolute atomic E-state index is 0.0894. The molecule has 0 bridgehead atoms. The average Bonchev–Trinajstić information content (AvgIpc) is 2.89. The molecule has 1 heterocycles. The van der Waals surface area contributed by atoms with Gasteiger partial charge in [0.2, 0.25) is 11.1 Å². The van der Waals surface area contributed by atoms with Crippen molar-refractivity contribution in [3.63, 3.8) is 0 Å². The Bertz CT molecular complexity index is 711. The molecule has 1 aromatic carbocycles. The second-order valence-corrected chi connectivity index (χ2v) is 6.32. The molecule has 3 N–H and O–H groups in total. The van der Waals surface area contributed by atoms with Crippen LogP contribution in [0.3, 0.4) is 0 Å². The zero-order valence-corrected chi connectivity index (χ0v) is 14.3. The Morgan fingerprint density at radius 1 is 1.52 bits per heavy atom. The quantitative estimate of drug-likeness (QED) is 0.381. The SMILES string of the molecule is N#CCSc1n[nH]c(NN=Cc2cc(Br)cc(Br)c2O)n1. The predicted octanol–water partition coefficient (Wildman–Crippen LogP) is 3.10. The number of nitriles is 1. The van der Waals surface area contributed by atoms with E-state index >= 15 is 0 Å². The van der Waals surface area contributed by atoms with Crippen molar-refractivity contribution in [3.8, 4) is 11.8 Å². The first kappa shape index (κ1) is 15.8. The summed E-state index contributed by atoms with van der Waals surface area (Å²) < 4.78 is 1.37. The number of phenols is 1. The van der Waals surface area contributed by atoms with Gasteiger partial charge in [-0.3, -0.25) is 0 Å². The number of hydrazone groups is 1. The van der Waals surface area contributed by atoms with Crippen LogP contribution in [-0.2, 0) is 0 Å². The van der Waals surface area contributed by atoms with Crippen LogP contribution in [0.5, 0.6) is 5.75 Å². The lowest BCUT2D eigenvalue weighted by Crippen LogP contribution is -1.93. The molecule has 0 amide bonds. The third kappa shape index (κ3) is 4.45. The largest absolute Gasteiger partial charge is 0.506 e. The molecule has 108 valence electrons. The number of nitrogens with one attached hydrogen (secondary N) is 2. The van der Waals surface area contributed by atoms with Gasteiger partial charge in [0.15, 0.2) is 0 Å². The summed E-state index contributed by atoms with van der Waals surface area (Å²) in [5.41, 5.74) is 3.19. The van der Waals surface area contributed by atoms with E-state index in [1.165, 1.54) is 18.0 Å². The Labute approximate surface area is 141 Å². The van der Waals surface area contributed by atoms with Crippen LogP contribution < -0.4 is 5.43 Å². The van der Waals surface area contributed by atoms with Gasteiger partial charge in [0.05, 0.1) is 22.5 Å². The summed E-state index contributed by atoms with van der Waals surface area (Å²) in [5.74, 6) is 0.715. The number of H-pyrrole nitrogens is 1. The second-order valence-electron chi connectivity index (χ2n) is 3.61. The maximum absolute atomic E-state index is 9.86. The van der Waals surface area contributed by atoms with E-state index in [1.807, 2.05) is 6.07 Å². The van der Waals surface area contributed by atoms with Gasteiger partial charge in [0, 0.05) is 10.0 Å². The van der Waals surface area contributed by atoms with Gasteiger partial charge in [-0.2, -0.15) is 15.3 Å². The summed E-state index contributed by atoms with van der Waals surface area (Å²) in [6.07, 6.45) is 1.45. The summed E-state index contributed by atoms with van der Waals surface area (Å²) in [4.78, 5) is 4.08. The summed E-state index contributed by atoms with van der Waals surface area (Å²) in [6.45, 7) is 0. The molecule has 0 aliphatic rings. The third-order valence-corrected chi connectivity index (χ3v) is 3.94. The number of hydrogen-bond donors (Lipinski definition) is 3. The van der Waals surface area contributed by atoms with Crippen LogP contribution in [0.25, 0.3) is 0 Å². The minimum Gasteiger partial charge on any atom is -0.506 e. The molecule has 0 aliphatic carbocycles. The Morgan fingerprint density at radius 2 is 2.33 bits per heavy atom. The summed E-state index contributed by atoms with van der Waals surface area (Å²) >= 11 is 7.79. The predicted molar refractivity (Wildman–Crippen MR) is 87.4 cm³/mol. The highest BCUT2D eigenvalue weighted by atomic mass is 79.9. The van der Waals surface area contributed by atoms with Crippen molar-refractivity contribution in [1.29, 1.82) is 5.26 Å². The Hall–Kier alpha value is -1.57. The summed E-state index contributed by atoms with van der Waals surface area (Å²) in [7, 11) is 0. The summed E-state index contributed by atoms with van der Waals surface area (Å²) in [6, 6.07) is 5.44. The number of benzene rings is 1. The number of nitrogens with zero attached hydrogens (tertiary/aromatic N) is 4. The smallest absolute Gasteiger partial charge is 0.240 e. The lowest BCUT2D eigenvalue weighted by molar-refractivity contribution is 0.471. The number of hydrogen-bond acceptors (Lipinski definition) is 7. The monoisotopic (exact) mass is 430 g/mol. The van der Waals surface area contributed by atoms with Crippen molar-refractivity contribution in [2.24, 2.45) is 5.10 Å². The molecule has 0 fully saturated rings. The van der Waals surface area contributed by atoms with Crippen LogP contribution in [0.4, 0.5) is 5.95 Å². The van der Waals surface area contributed by atoms with Crippen molar-refractivity contribution < 1.29 is 5.11 Å². The Morgan fingerprint density at radius 3 is 3.10 bits per heavy atom. The lowest BCUT2D eigenvalue weighted by Gasteiger charge is -2.02. The number of anilines is 1. The molecule has 2 rings (SSSR count). The molecule has 0 unspecified atom stereocenters. The van der Waals surface area contributed by atoms with E-state index in [9.17, 15) is 5.11 Å². The zero-order chi connectivity index (χ0) is 15.2. The molecule has 0 aliphatic heterocycles. The van der Waals surface area contributed by atoms with Crippen LogP contribution >= 0.6 is 43.6 Å². The number of halogens is 2. The van der Waals surface area contributed by atoms with Crippen LogP contribution in [0, 0.1) is 11.3 Å². The van der Waals surface area contributed by atoms with Crippen molar-refractivity contribution in [1.82, 2.24) is 15.2 Å². The lowest BCUT2D eigenvalue weighted by atomic mass is 10.2. The van der Waals surface area contributed by atoms with E-state index in [0.717, 1.165) is 4.47 Å². The van der Waals surface area contributed by atoms with E-state index in [0.29, 0.717) is 21.1 Å². The standard InChI is InChI=1S/C11H8Br2N6OS/c12-7-3-6(9(20)8(13)4-7)5-15-17-10-16-11(19-18-10)21-2-1-14/h3-5,20H,2H2,(H2,16,17,18,19). The number of aromatic nitrogens is 3. The van der Waals surface area contributed by atoms with Crippen LogP contribution in [0.2, 0.25) is 0 Å². The molecule has 0 spiro atoms. The van der Waals surface area contributed by atoms with Gasteiger partial charge >= 0.3 is 0 Å².